The molecule has 12 heavy (non-hydrogen) atoms. The Morgan fingerprint density at radius 3 is 3.00 bits per heavy atom. The van der Waals surface area contributed by atoms with Gasteiger partial charge in [-0.15, -0.1) is 0 Å². The lowest BCUT2D eigenvalue weighted by Gasteiger charge is -2.18. The average molecular weight is 162 g/mol. The number of hydrogen-bond donors (Lipinski definition) is 0. The second-order valence-electron chi connectivity index (χ2n) is 4.34. The fourth-order valence-electron chi connectivity index (χ4n) is 2.62. The summed E-state index contributed by atoms with van der Waals surface area (Å²) in [5, 5.41) is 0. The molecule has 0 aromatic rings. The molecule has 0 unspecified atom stereocenters. The van der Waals surface area contributed by atoms with Crippen molar-refractivity contribution in [3.05, 3.63) is 23.3 Å². The van der Waals surface area contributed by atoms with E-state index in [0.717, 1.165) is 11.8 Å². The van der Waals surface area contributed by atoms with E-state index in [1.54, 1.807) is 11.1 Å². The van der Waals surface area contributed by atoms with Crippen molar-refractivity contribution in [2.24, 2.45) is 11.8 Å². The van der Waals surface area contributed by atoms with Gasteiger partial charge < -0.3 is 0 Å². The van der Waals surface area contributed by atoms with Crippen LogP contribution in [0.25, 0.3) is 0 Å². The Labute approximate surface area is 75.4 Å². The molecule has 0 heteroatoms. The zero-order valence-corrected chi connectivity index (χ0v) is 8.14. The van der Waals surface area contributed by atoms with Crippen molar-refractivity contribution in [3.63, 3.8) is 0 Å². The molecule has 0 aromatic carbocycles. The Morgan fingerprint density at radius 1 is 1.33 bits per heavy atom. The average Bonchev–Trinajstić information content (AvgIpc) is 2.30. The topological polar surface area (TPSA) is 0 Å². The molecule has 0 heterocycles. The summed E-state index contributed by atoms with van der Waals surface area (Å²) in [4.78, 5) is 0. The van der Waals surface area contributed by atoms with Crippen LogP contribution in [0, 0.1) is 11.8 Å². The van der Waals surface area contributed by atoms with E-state index in [1.165, 1.54) is 25.7 Å². The molecule has 0 aromatic heterocycles. The van der Waals surface area contributed by atoms with E-state index in [0.29, 0.717) is 0 Å². The molecule has 0 amide bonds. The van der Waals surface area contributed by atoms with Gasteiger partial charge in [-0.2, -0.15) is 0 Å². The van der Waals surface area contributed by atoms with E-state index in [9.17, 15) is 0 Å². The van der Waals surface area contributed by atoms with Crippen LogP contribution in [0.3, 0.4) is 0 Å². The van der Waals surface area contributed by atoms with Gasteiger partial charge in [-0.3, -0.25) is 0 Å². The summed E-state index contributed by atoms with van der Waals surface area (Å²) < 4.78 is 0. The molecule has 2 rings (SSSR count). The molecule has 0 nitrogen and oxygen atoms in total. The zero-order valence-electron chi connectivity index (χ0n) is 8.14. The van der Waals surface area contributed by atoms with Gasteiger partial charge in [-0.05, 0) is 50.0 Å². The van der Waals surface area contributed by atoms with Gasteiger partial charge in [-0.25, -0.2) is 0 Å². The lowest BCUT2D eigenvalue weighted by atomic mass is 9.87. The number of fused-ring (bicyclic) bond motifs is 1. The fraction of sp³-hybridized carbons (Fsp3) is 0.667. The normalized spacial score (nSPS) is 35.2. The summed E-state index contributed by atoms with van der Waals surface area (Å²) in [5.74, 6) is 1.80. The Hall–Kier alpha value is -0.520. The first-order valence-electron chi connectivity index (χ1n) is 5.15. The Balaban J connectivity index is 2.30. The fourth-order valence-corrected chi connectivity index (χ4v) is 2.62. The Kier molecular flexibility index (Phi) is 2.08. The van der Waals surface area contributed by atoms with Crippen LogP contribution in [0.5, 0.6) is 0 Å². The maximum Gasteiger partial charge on any atom is -0.0134 e. The van der Waals surface area contributed by atoms with Crippen LogP contribution in [0.1, 0.15) is 39.5 Å². The van der Waals surface area contributed by atoms with Crippen LogP contribution in [0.15, 0.2) is 23.3 Å². The molecule has 0 spiro atoms. The Morgan fingerprint density at radius 2 is 2.17 bits per heavy atom. The molecule has 2 aliphatic rings. The third-order valence-corrected chi connectivity index (χ3v) is 3.50. The van der Waals surface area contributed by atoms with Crippen molar-refractivity contribution >= 4 is 0 Å². The second-order valence-corrected chi connectivity index (χ2v) is 4.34. The van der Waals surface area contributed by atoms with Gasteiger partial charge in [0.2, 0.25) is 0 Å². The van der Waals surface area contributed by atoms with Gasteiger partial charge in [0, 0.05) is 0 Å². The largest absolute Gasteiger partial charge is 0.0842 e. The summed E-state index contributed by atoms with van der Waals surface area (Å²) in [5.41, 5.74) is 3.31. The maximum absolute atomic E-state index is 2.41. The Bertz CT molecular complexity index is 232. The van der Waals surface area contributed by atoms with Crippen LogP contribution < -0.4 is 0 Å². The molecule has 0 aliphatic heterocycles. The quantitative estimate of drug-likeness (QED) is 0.509. The van der Waals surface area contributed by atoms with Crippen molar-refractivity contribution in [1.29, 1.82) is 0 Å². The first-order chi connectivity index (χ1) is 5.79. The second kappa shape index (κ2) is 3.08. The lowest BCUT2D eigenvalue weighted by Crippen LogP contribution is -2.08. The molecule has 2 atom stereocenters. The van der Waals surface area contributed by atoms with Crippen molar-refractivity contribution in [1.82, 2.24) is 0 Å². The molecule has 0 N–H and O–H groups in total. The highest BCUT2D eigenvalue weighted by Gasteiger charge is 2.27. The molecular formula is C12H18. The minimum atomic E-state index is 0.892. The van der Waals surface area contributed by atoms with E-state index >= 15 is 0 Å². The van der Waals surface area contributed by atoms with E-state index in [-0.39, 0.29) is 0 Å². The van der Waals surface area contributed by atoms with Gasteiger partial charge in [0.1, 0.15) is 0 Å². The zero-order chi connectivity index (χ0) is 8.55. The molecule has 0 saturated heterocycles. The SMILES string of the molecule is CC1=C2C=CCC[C@@H](C)[C@H]2CC1. The van der Waals surface area contributed by atoms with Crippen LogP contribution in [0.2, 0.25) is 0 Å². The third-order valence-electron chi connectivity index (χ3n) is 3.50. The van der Waals surface area contributed by atoms with Crippen LogP contribution in [-0.4, -0.2) is 0 Å². The minimum absolute atomic E-state index is 0.892. The van der Waals surface area contributed by atoms with Crippen molar-refractivity contribution in [2.45, 2.75) is 39.5 Å². The van der Waals surface area contributed by atoms with E-state index in [1.807, 2.05) is 0 Å². The van der Waals surface area contributed by atoms with E-state index < -0.39 is 0 Å². The summed E-state index contributed by atoms with van der Waals surface area (Å²) in [6.07, 6.45) is 10.2. The smallest absolute Gasteiger partial charge is 0.0134 e. The number of allylic oxidation sites excluding steroid dienone is 4. The molecule has 0 fully saturated rings. The van der Waals surface area contributed by atoms with E-state index in [2.05, 4.69) is 26.0 Å². The van der Waals surface area contributed by atoms with Crippen molar-refractivity contribution in [3.8, 4) is 0 Å². The van der Waals surface area contributed by atoms with Gasteiger partial charge >= 0.3 is 0 Å². The lowest BCUT2D eigenvalue weighted by molar-refractivity contribution is 0.394. The van der Waals surface area contributed by atoms with Gasteiger partial charge in [-0.1, -0.05) is 24.6 Å². The standard InChI is InChI=1S/C12H18/c1-9-5-3-4-6-11-10(2)7-8-12(9)11/h4,6,9,12H,3,5,7-8H2,1-2H3/t9-,12-/m1/s1. The number of rotatable bonds is 0. The molecule has 0 bridgehead atoms. The third kappa shape index (κ3) is 1.24. The summed E-state index contributed by atoms with van der Waals surface area (Å²) in [6.45, 7) is 4.72. The molecule has 2 aliphatic carbocycles. The molecule has 0 saturated carbocycles. The monoisotopic (exact) mass is 162 g/mol. The van der Waals surface area contributed by atoms with Crippen molar-refractivity contribution in [2.75, 3.05) is 0 Å². The molecule has 0 radical (unpaired) electrons. The van der Waals surface area contributed by atoms with Gasteiger partial charge in [0.25, 0.3) is 0 Å². The van der Waals surface area contributed by atoms with E-state index in [4.69, 9.17) is 0 Å². The molecular weight excluding hydrogens is 144 g/mol. The maximum atomic E-state index is 2.41. The first kappa shape index (κ1) is 8.10. The van der Waals surface area contributed by atoms with Gasteiger partial charge in [0.05, 0.1) is 0 Å². The van der Waals surface area contributed by atoms with Crippen LogP contribution in [-0.2, 0) is 0 Å². The highest BCUT2D eigenvalue weighted by atomic mass is 14.3. The van der Waals surface area contributed by atoms with Crippen LogP contribution >= 0.6 is 0 Å². The van der Waals surface area contributed by atoms with Gasteiger partial charge in [0.15, 0.2) is 0 Å². The summed E-state index contributed by atoms with van der Waals surface area (Å²) in [7, 11) is 0. The highest BCUT2D eigenvalue weighted by Crippen LogP contribution is 2.40. The van der Waals surface area contributed by atoms with Crippen LogP contribution in [0.4, 0.5) is 0 Å². The summed E-state index contributed by atoms with van der Waals surface area (Å²) >= 11 is 0. The number of hydrogen-bond acceptors (Lipinski definition) is 0. The minimum Gasteiger partial charge on any atom is -0.0842 e. The summed E-state index contributed by atoms with van der Waals surface area (Å²) in [6, 6.07) is 0. The first-order valence-corrected chi connectivity index (χ1v) is 5.15. The molecule has 66 valence electrons. The van der Waals surface area contributed by atoms with Crippen molar-refractivity contribution < 1.29 is 0 Å². The highest BCUT2D eigenvalue weighted by molar-refractivity contribution is 5.32. The predicted octanol–water partition coefficient (Wildman–Crippen LogP) is 3.70. The predicted molar refractivity (Wildman–Crippen MR) is 53.0 cm³/mol.